The van der Waals surface area contributed by atoms with Gasteiger partial charge in [-0.05, 0) is 85.2 Å². The van der Waals surface area contributed by atoms with Crippen molar-refractivity contribution in [1.29, 1.82) is 0 Å². The highest BCUT2D eigenvalue weighted by Gasteiger charge is 2.63. The third-order valence-electron chi connectivity index (χ3n) is 21.0. The summed E-state index contributed by atoms with van der Waals surface area (Å²) in [4.78, 5) is 102. The number of nitrogens with zero attached hydrogens (tertiary/aromatic N) is 12. The number of piperidine rings is 1. The van der Waals surface area contributed by atoms with Gasteiger partial charge in [0, 0.05) is 203 Å². The van der Waals surface area contributed by atoms with Gasteiger partial charge >= 0.3 is 73.2 Å². The number of anilines is 2. The topological polar surface area (TPSA) is 247 Å². The zero-order valence-corrected chi connectivity index (χ0v) is 63.1. The van der Waals surface area contributed by atoms with E-state index < -0.39 is 91.6 Å². The summed E-state index contributed by atoms with van der Waals surface area (Å²) in [6.07, 6.45) is -49.4. The maximum atomic E-state index is 13.3. The van der Waals surface area contributed by atoms with Crippen LogP contribution in [-0.2, 0) is 48.2 Å². The second-order valence-corrected chi connectivity index (χ2v) is 30.6. The van der Waals surface area contributed by atoms with Gasteiger partial charge in [-0.3, -0.25) is 48.6 Å². The van der Waals surface area contributed by atoms with Crippen LogP contribution in [0.5, 0.6) is 0 Å². The van der Waals surface area contributed by atoms with E-state index in [1.54, 1.807) is 34.1 Å². The smallest absolute Gasteiger partial charge is 0.434 e. The number of carboxylic acids is 3. The molecule has 45 heteroatoms. The van der Waals surface area contributed by atoms with Crippen molar-refractivity contribution in [3.63, 3.8) is 0 Å². The molecule has 25 nitrogen and oxygen atoms in total. The Morgan fingerprint density at radius 3 is 1.05 bits per heavy atom. The van der Waals surface area contributed by atoms with Crippen LogP contribution in [0, 0.1) is 17.8 Å². The molecule has 3 aromatic rings. The molecule has 3 N–H and O–H groups in total. The summed E-state index contributed by atoms with van der Waals surface area (Å²) >= 11 is 12.5. The molecule has 8 heterocycles. The van der Waals surface area contributed by atoms with Gasteiger partial charge < -0.3 is 58.9 Å². The molecular weight excluding hydrogens is 1630 g/mol. The van der Waals surface area contributed by atoms with Crippen LogP contribution in [0.15, 0.2) is 54.6 Å². The lowest BCUT2D eigenvalue weighted by Gasteiger charge is -2.54. The first kappa shape index (κ1) is 90.9. The molecule has 0 aromatic heterocycles. The maximum Gasteiger partial charge on any atom is 0.434 e. The molecule has 8 aliphatic heterocycles. The lowest BCUT2D eigenvalue weighted by atomic mass is 9.72. The van der Waals surface area contributed by atoms with E-state index in [1.165, 1.54) is 0 Å². The number of carboxylic acid groups (broad SMARTS) is 3. The van der Waals surface area contributed by atoms with Crippen LogP contribution < -0.4 is 9.80 Å². The molecule has 115 heavy (non-hydrogen) atoms. The van der Waals surface area contributed by atoms with Crippen LogP contribution in [0.3, 0.4) is 0 Å². The van der Waals surface area contributed by atoms with E-state index in [0.29, 0.717) is 67.0 Å². The standard InChI is InChI=1S/C24H29ClF6N4O4.C23H27ClF6N4O4.C23H28F6N4O5/c25-17-2-1-16(18(11-17)34-5-3-22(4-6-34)14-33(15-22)13-19(36)37)12-32-7-9-35(10-8-32)21(38)39-20(23(26,27)28)24(29,30)31;24-16-2-1-15(17(9-16)34-13-21(14-34)3-4-32(12-21)11-18(35)36)10-31-5-7-33(8-6-31)20(37)38-19(22(25,26)27)23(28,29)30;1-15-2-3-16(17(12-15)19(36)32-8-4-31(5-9-32)14-18(34)35)13-30-6-10-33(11-7-30)21(37)38-20(22(24,25)26)23(27,28)29/h1-2,11,20H,3-10,12-15H2,(H,36,37);1-2,9,19H,3-8,10-14H2,(H,35,36);2-3,12,20H,4-11,13-14H2,1H3,(H,34,35). The molecule has 8 saturated heterocycles. The van der Waals surface area contributed by atoms with Crippen LogP contribution >= 0.6 is 23.2 Å². The normalized spacial score (nSPS) is 19.9. The number of hydrogen-bond acceptors (Lipinski definition) is 18. The van der Waals surface area contributed by atoms with Crippen LogP contribution in [0.25, 0.3) is 0 Å². The Kier molecular flexibility index (Phi) is 29.2. The van der Waals surface area contributed by atoms with E-state index in [2.05, 4.69) is 24.0 Å². The Hall–Kier alpha value is -7.97. The number of aliphatic carboxylic acids is 3. The Bertz CT molecular complexity index is 3840. The number of carbonyl (C=O) groups excluding carboxylic acids is 4. The van der Waals surface area contributed by atoms with E-state index in [9.17, 15) is 113 Å². The van der Waals surface area contributed by atoms with E-state index in [4.69, 9.17) is 38.5 Å². The molecule has 0 saturated carbocycles. The average Bonchev–Trinajstić information content (AvgIpc) is 1.64. The molecule has 8 aliphatic rings. The highest BCUT2D eigenvalue weighted by Crippen LogP contribution is 2.46. The van der Waals surface area contributed by atoms with Crippen molar-refractivity contribution in [2.45, 2.75) is 101 Å². The first-order chi connectivity index (χ1) is 53.4. The van der Waals surface area contributed by atoms with E-state index in [1.807, 2.05) is 61.8 Å². The van der Waals surface area contributed by atoms with Gasteiger partial charge in [-0.15, -0.1) is 0 Å². The Labute approximate surface area is 656 Å². The Balaban J connectivity index is 0.000000197. The largest absolute Gasteiger partial charge is 0.480 e. The Morgan fingerprint density at radius 2 is 0.678 bits per heavy atom. The molecule has 3 aromatic carbocycles. The van der Waals surface area contributed by atoms with Gasteiger partial charge in [0.25, 0.3) is 24.2 Å². The zero-order chi connectivity index (χ0) is 84.7. The summed E-state index contributed by atoms with van der Waals surface area (Å²) in [6, 6.07) is 16.3. The Morgan fingerprint density at radius 1 is 0.365 bits per heavy atom. The number of benzene rings is 3. The van der Waals surface area contributed by atoms with Gasteiger partial charge in [-0.1, -0.05) is 53.0 Å². The van der Waals surface area contributed by atoms with E-state index >= 15 is 0 Å². The predicted molar refractivity (Wildman–Crippen MR) is 373 cm³/mol. The van der Waals surface area contributed by atoms with Gasteiger partial charge in [0.15, 0.2) is 0 Å². The van der Waals surface area contributed by atoms with Crippen LogP contribution in [0.4, 0.5) is 105 Å². The van der Waals surface area contributed by atoms with Crippen molar-refractivity contribution in [1.82, 2.24) is 49.0 Å². The number of halogens is 20. The molecule has 642 valence electrons. The molecule has 0 atom stereocenters. The van der Waals surface area contributed by atoms with Gasteiger partial charge in [0.05, 0.1) is 19.6 Å². The summed E-state index contributed by atoms with van der Waals surface area (Å²) in [5.41, 5.74) is 5.88. The maximum absolute atomic E-state index is 13.3. The summed E-state index contributed by atoms with van der Waals surface area (Å²) in [5.74, 6) is -2.86. The highest BCUT2D eigenvalue weighted by atomic mass is 35.5. The predicted octanol–water partition coefficient (Wildman–Crippen LogP) is 10.3. The lowest BCUT2D eigenvalue weighted by molar-refractivity contribution is -0.309. The lowest BCUT2D eigenvalue weighted by Crippen LogP contribution is -2.61. The number of amides is 4. The summed E-state index contributed by atoms with van der Waals surface area (Å²) < 4.78 is 240. The summed E-state index contributed by atoms with van der Waals surface area (Å²) in [6.45, 7) is 11.1. The first-order valence-corrected chi connectivity index (χ1v) is 36.9. The first-order valence-electron chi connectivity index (χ1n) is 36.2. The fraction of sp³-hybridized carbons (Fsp3) is 0.643. The molecule has 0 unspecified atom stereocenters. The quantitative estimate of drug-likeness (QED) is 0.0791. The monoisotopic (exact) mass is 1710 g/mol. The number of aryl methyl sites for hydroxylation is 1. The number of ether oxygens (including phenoxy) is 3. The van der Waals surface area contributed by atoms with Gasteiger partial charge in [-0.25, -0.2) is 14.4 Å². The third kappa shape index (κ3) is 25.0. The van der Waals surface area contributed by atoms with Crippen molar-refractivity contribution in [2.75, 3.05) is 187 Å². The average molecular weight is 1710 g/mol. The molecule has 8 fully saturated rings. The molecule has 0 bridgehead atoms. The molecular formula is C70H84Cl2F18N12O13. The third-order valence-corrected chi connectivity index (χ3v) is 21.5. The van der Waals surface area contributed by atoms with Crippen molar-refractivity contribution < 1.29 is 142 Å². The SMILES string of the molecule is Cc1ccc(CN2CCN(C(=O)OC(C(F)(F)F)C(F)(F)F)CC2)c(C(=O)N2CCN(CC(=O)O)CC2)c1.O=C(O)CN1CC2(CCN(c3cc(Cl)ccc3CN3CCN(C(=O)OC(C(F)(F)F)C(F)(F)F)CC3)CC2)C1.O=C(O)CN1CCC2(C1)CN(c1cc(Cl)ccc1CN1CCN(C(=O)OC(C(F)(F)F)C(F)(F)F)CC1)C2. The summed E-state index contributed by atoms with van der Waals surface area (Å²) in [7, 11) is 0. The minimum absolute atomic E-state index is 0.0107. The van der Waals surface area contributed by atoms with E-state index in [0.717, 1.165) is 108 Å². The number of carbonyl (C=O) groups is 7. The van der Waals surface area contributed by atoms with Crippen molar-refractivity contribution in [3.8, 4) is 0 Å². The summed E-state index contributed by atoms with van der Waals surface area (Å²) in [5, 5.41) is 28.1. The van der Waals surface area contributed by atoms with Crippen LogP contribution in [0.1, 0.15) is 51.9 Å². The number of piperazine rings is 4. The van der Waals surface area contributed by atoms with E-state index in [-0.39, 0.29) is 121 Å². The molecule has 2 spiro atoms. The minimum Gasteiger partial charge on any atom is -0.480 e. The van der Waals surface area contributed by atoms with Gasteiger partial charge in [0.2, 0.25) is 0 Å². The number of likely N-dealkylation sites (tertiary alicyclic amines) is 2. The molecule has 4 amide bonds. The minimum atomic E-state index is -5.78. The molecule has 0 radical (unpaired) electrons. The van der Waals surface area contributed by atoms with Gasteiger partial charge in [-0.2, -0.15) is 79.0 Å². The van der Waals surface area contributed by atoms with Gasteiger partial charge in [0.1, 0.15) is 0 Å². The molecule has 0 aliphatic carbocycles. The number of alkyl halides is 18. The zero-order valence-electron chi connectivity index (χ0n) is 61.6. The second kappa shape index (κ2) is 36.9. The second-order valence-electron chi connectivity index (χ2n) is 29.7. The fourth-order valence-electron chi connectivity index (χ4n) is 15.2. The van der Waals surface area contributed by atoms with Crippen molar-refractivity contribution in [2.24, 2.45) is 10.8 Å². The highest BCUT2D eigenvalue weighted by molar-refractivity contribution is 6.31. The van der Waals surface area contributed by atoms with Crippen LogP contribution in [0.2, 0.25) is 10.0 Å². The number of rotatable bonds is 18. The number of hydrogen-bond donors (Lipinski definition) is 3. The van der Waals surface area contributed by atoms with Crippen molar-refractivity contribution in [3.05, 3.63) is 92.5 Å². The van der Waals surface area contributed by atoms with Crippen LogP contribution in [-0.4, -0.2) is 338 Å². The fourth-order valence-corrected chi connectivity index (χ4v) is 15.5. The van der Waals surface area contributed by atoms with Crippen molar-refractivity contribution >= 4 is 76.7 Å². The molecule has 11 rings (SSSR count).